The van der Waals surface area contributed by atoms with E-state index in [0.717, 1.165) is 6.42 Å². The Morgan fingerprint density at radius 1 is 1.40 bits per heavy atom. The molecule has 1 aromatic rings. The lowest BCUT2D eigenvalue weighted by Gasteiger charge is -2.31. The topological polar surface area (TPSA) is 38.9 Å². The Balaban J connectivity index is 2.12. The van der Waals surface area contributed by atoms with Gasteiger partial charge in [0.15, 0.2) is 0 Å². The van der Waals surface area contributed by atoms with Gasteiger partial charge in [-0.3, -0.25) is 0 Å². The molecule has 0 saturated heterocycles. The second-order valence-electron chi connectivity index (χ2n) is 4.80. The molecule has 15 heavy (non-hydrogen) atoms. The van der Waals surface area contributed by atoms with Crippen LogP contribution >= 0.6 is 11.3 Å². The van der Waals surface area contributed by atoms with Crippen LogP contribution in [0.15, 0.2) is 5.38 Å². The largest absolute Gasteiger partial charge is 0.330 e. The quantitative estimate of drug-likeness (QED) is 0.857. The molecule has 84 valence electrons. The first-order chi connectivity index (χ1) is 7.24. The fraction of sp³-hybridized carbons (Fsp3) is 0.750. The van der Waals surface area contributed by atoms with E-state index >= 15 is 0 Å². The van der Waals surface area contributed by atoms with Crippen molar-refractivity contribution >= 4 is 11.3 Å². The highest BCUT2D eigenvalue weighted by Crippen LogP contribution is 2.40. The summed E-state index contributed by atoms with van der Waals surface area (Å²) in [6.07, 6.45) is 7.67. The summed E-state index contributed by atoms with van der Waals surface area (Å²) in [4.78, 5) is 4.73. The molecule has 1 fully saturated rings. The molecule has 2 N–H and O–H groups in total. The number of hydrogen-bond donors (Lipinski definition) is 1. The predicted octanol–water partition coefficient (Wildman–Crippen LogP) is 2.87. The maximum absolute atomic E-state index is 5.55. The monoisotopic (exact) mass is 224 g/mol. The van der Waals surface area contributed by atoms with Crippen molar-refractivity contribution in [2.24, 2.45) is 5.73 Å². The van der Waals surface area contributed by atoms with Crippen LogP contribution in [-0.4, -0.2) is 11.5 Å². The van der Waals surface area contributed by atoms with Crippen LogP contribution < -0.4 is 5.73 Å². The Morgan fingerprint density at radius 2 is 2.13 bits per heavy atom. The Hall–Kier alpha value is -0.410. The maximum atomic E-state index is 5.55. The van der Waals surface area contributed by atoms with Crippen molar-refractivity contribution in [2.45, 2.75) is 50.9 Å². The second kappa shape index (κ2) is 4.62. The van der Waals surface area contributed by atoms with Gasteiger partial charge < -0.3 is 5.73 Å². The summed E-state index contributed by atoms with van der Waals surface area (Å²) in [7, 11) is 0. The van der Waals surface area contributed by atoms with E-state index in [4.69, 9.17) is 10.7 Å². The first-order valence-electron chi connectivity index (χ1n) is 5.89. The van der Waals surface area contributed by atoms with E-state index in [1.807, 2.05) is 11.3 Å². The zero-order valence-electron chi connectivity index (χ0n) is 9.46. The van der Waals surface area contributed by atoms with E-state index in [1.54, 1.807) is 0 Å². The van der Waals surface area contributed by atoms with E-state index in [0.29, 0.717) is 12.0 Å². The molecule has 0 unspecified atom stereocenters. The van der Waals surface area contributed by atoms with Crippen LogP contribution in [-0.2, 0) is 11.8 Å². The molecule has 1 heterocycles. The molecule has 1 aromatic heterocycles. The zero-order valence-corrected chi connectivity index (χ0v) is 10.3. The van der Waals surface area contributed by atoms with Crippen molar-refractivity contribution < 1.29 is 0 Å². The molecule has 0 spiro atoms. The predicted molar refractivity (Wildman–Crippen MR) is 65.3 cm³/mol. The van der Waals surface area contributed by atoms with Gasteiger partial charge in [-0.1, -0.05) is 26.2 Å². The van der Waals surface area contributed by atoms with E-state index in [1.165, 1.54) is 42.8 Å². The Bertz CT molecular complexity index is 313. The number of aromatic nitrogens is 1. The minimum absolute atomic E-state index is 0.357. The second-order valence-corrected chi connectivity index (χ2v) is 5.66. The zero-order chi connectivity index (χ0) is 10.7. The molecule has 0 aromatic carbocycles. The van der Waals surface area contributed by atoms with Gasteiger partial charge in [0.1, 0.15) is 0 Å². The van der Waals surface area contributed by atoms with Crippen LogP contribution in [0, 0.1) is 0 Å². The normalized spacial score (nSPS) is 20.4. The molecule has 0 amide bonds. The third-order valence-corrected chi connectivity index (χ3v) is 4.62. The lowest BCUT2D eigenvalue weighted by atomic mass is 9.76. The van der Waals surface area contributed by atoms with Gasteiger partial charge in [0, 0.05) is 17.2 Å². The first-order valence-corrected chi connectivity index (χ1v) is 6.77. The fourth-order valence-corrected chi connectivity index (χ4v) is 3.47. The highest BCUT2D eigenvalue weighted by molar-refractivity contribution is 7.09. The molecule has 1 aliphatic carbocycles. The van der Waals surface area contributed by atoms with Crippen molar-refractivity contribution in [2.75, 3.05) is 6.54 Å². The van der Waals surface area contributed by atoms with Gasteiger partial charge in [0.25, 0.3) is 0 Å². The molecular formula is C12H20N2S. The molecule has 0 atom stereocenters. The van der Waals surface area contributed by atoms with Crippen molar-refractivity contribution in [3.63, 3.8) is 0 Å². The minimum Gasteiger partial charge on any atom is -0.330 e. The summed E-state index contributed by atoms with van der Waals surface area (Å²) >= 11 is 1.83. The lowest BCUT2D eigenvalue weighted by molar-refractivity contribution is 0.318. The van der Waals surface area contributed by atoms with Crippen LogP contribution in [0.1, 0.15) is 49.7 Å². The third kappa shape index (κ3) is 2.40. The molecule has 1 saturated carbocycles. The maximum Gasteiger partial charge on any atom is 0.0987 e. The number of nitrogens with two attached hydrogens (primary N) is 1. The molecule has 1 aliphatic rings. The van der Waals surface area contributed by atoms with Crippen LogP contribution in [0.3, 0.4) is 0 Å². The van der Waals surface area contributed by atoms with Crippen molar-refractivity contribution in [3.8, 4) is 0 Å². The third-order valence-electron chi connectivity index (χ3n) is 3.43. The van der Waals surface area contributed by atoms with Gasteiger partial charge in [0.2, 0.25) is 0 Å². The van der Waals surface area contributed by atoms with E-state index in [-0.39, 0.29) is 0 Å². The molecule has 0 aliphatic heterocycles. The van der Waals surface area contributed by atoms with E-state index in [2.05, 4.69) is 12.3 Å². The standard InChI is InChI=1S/C12H20N2S/c1-12(6-3-2-4-7-12)11-14-10(5-8-13)9-15-11/h9H,2-8,13H2,1H3. The van der Waals surface area contributed by atoms with Gasteiger partial charge in [-0.05, 0) is 19.4 Å². The first kappa shape index (κ1) is 11.1. The summed E-state index contributed by atoms with van der Waals surface area (Å²) in [5.41, 5.74) is 7.09. The number of hydrogen-bond acceptors (Lipinski definition) is 3. The summed E-state index contributed by atoms with van der Waals surface area (Å²) in [5.74, 6) is 0. The lowest BCUT2D eigenvalue weighted by Crippen LogP contribution is -2.24. The average Bonchev–Trinajstić information content (AvgIpc) is 2.69. The molecular weight excluding hydrogens is 204 g/mol. The SMILES string of the molecule is CC1(c2nc(CCN)cs2)CCCCC1. The fourth-order valence-electron chi connectivity index (χ4n) is 2.39. The molecule has 3 heteroatoms. The van der Waals surface area contributed by atoms with E-state index < -0.39 is 0 Å². The van der Waals surface area contributed by atoms with Crippen molar-refractivity contribution in [1.29, 1.82) is 0 Å². The summed E-state index contributed by atoms with van der Waals surface area (Å²) in [5, 5.41) is 3.52. The number of rotatable bonds is 3. The Kier molecular flexibility index (Phi) is 3.42. The van der Waals surface area contributed by atoms with Gasteiger partial charge >= 0.3 is 0 Å². The summed E-state index contributed by atoms with van der Waals surface area (Å²) < 4.78 is 0. The van der Waals surface area contributed by atoms with Crippen LogP contribution in [0.5, 0.6) is 0 Å². The van der Waals surface area contributed by atoms with Crippen LogP contribution in [0.4, 0.5) is 0 Å². The van der Waals surface area contributed by atoms with Crippen LogP contribution in [0.25, 0.3) is 0 Å². The van der Waals surface area contributed by atoms with Gasteiger partial charge in [0.05, 0.1) is 10.7 Å². The van der Waals surface area contributed by atoms with Gasteiger partial charge in [-0.25, -0.2) is 4.98 Å². The average molecular weight is 224 g/mol. The highest BCUT2D eigenvalue weighted by Gasteiger charge is 2.31. The van der Waals surface area contributed by atoms with E-state index in [9.17, 15) is 0 Å². The number of nitrogens with zero attached hydrogens (tertiary/aromatic N) is 1. The number of thiazole rings is 1. The Labute approximate surface area is 95.9 Å². The van der Waals surface area contributed by atoms with Crippen LogP contribution in [0.2, 0.25) is 0 Å². The van der Waals surface area contributed by atoms with Gasteiger partial charge in [-0.15, -0.1) is 11.3 Å². The molecule has 0 bridgehead atoms. The molecule has 0 radical (unpaired) electrons. The van der Waals surface area contributed by atoms with Crippen molar-refractivity contribution in [1.82, 2.24) is 4.98 Å². The minimum atomic E-state index is 0.357. The smallest absolute Gasteiger partial charge is 0.0987 e. The Morgan fingerprint density at radius 3 is 2.80 bits per heavy atom. The summed E-state index contributed by atoms with van der Waals surface area (Å²) in [6, 6.07) is 0. The molecule has 2 rings (SSSR count). The van der Waals surface area contributed by atoms with Gasteiger partial charge in [-0.2, -0.15) is 0 Å². The molecule has 2 nitrogen and oxygen atoms in total. The van der Waals surface area contributed by atoms with Crippen molar-refractivity contribution in [3.05, 3.63) is 16.1 Å². The highest BCUT2D eigenvalue weighted by atomic mass is 32.1. The summed E-state index contributed by atoms with van der Waals surface area (Å²) in [6.45, 7) is 3.08.